The van der Waals surface area contributed by atoms with E-state index in [4.69, 9.17) is 9.47 Å². The summed E-state index contributed by atoms with van der Waals surface area (Å²) >= 11 is 0. The number of rotatable bonds is 8. The van der Waals surface area contributed by atoms with Crippen LogP contribution in [0.15, 0.2) is 67.3 Å². The minimum absolute atomic E-state index is 0.209. The monoisotopic (exact) mass is 340 g/mol. The molecular weight excluding hydrogens is 319 g/mol. The van der Waals surface area contributed by atoms with Crippen molar-refractivity contribution in [2.75, 3.05) is 13.7 Å². The molecule has 0 bridgehead atoms. The zero-order chi connectivity index (χ0) is 17.5. The molecule has 0 amide bonds. The maximum absolute atomic E-state index is 13.2. The molecule has 4 nitrogen and oxygen atoms in total. The van der Waals surface area contributed by atoms with Crippen molar-refractivity contribution in [2.45, 2.75) is 18.9 Å². The molecule has 0 aliphatic carbocycles. The molecule has 0 saturated carbocycles. The summed E-state index contributed by atoms with van der Waals surface area (Å²) in [5.41, 5.74) is 1.09. The molecular formula is C20H21FN2O2. The van der Waals surface area contributed by atoms with Gasteiger partial charge in [0.15, 0.2) is 0 Å². The van der Waals surface area contributed by atoms with Gasteiger partial charge in [-0.3, -0.25) is 0 Å². The molecule has 5 heteroatoms. The second kappa shape index (κ2) is 8.33. The van der Waals surface area contributed by atoms with Gasteiger partial charge >= 0.3 is 0 Å². The molecule has 2 aromatic carbocycles. The van der Waals surface area contributed by atoms with Crippen molar-refractivity contribution < 1.29 is 13.9 Å². The van der Waals surface area contributed by atoms with Crippen LogP contribution in [0.1, 0.15) is 17.9 Å². The van der Waals surface area contributed by atoms with Crippen LogP contribution in [0, 0.1) is 5.82 Å². The Balaban J connectivity index is 1.65. The van der Waals surface area contributed by atoms with Crippen molar-refractivity contribution in [3.8, 4) is 11.5 Å². The summed E-state index contributed by atoms with van der Waals surface area (Å²) in [5, 5.41) is 0. The topological polar surface area (TPSA) is 36.3 Å². The molecule has 1 heterocycles. The molecule has 0 aliphatic heterocycles. The van der Waals surface area contributed by atoms with Gasteiger partial charge in [-0.1, -0.05) is 18.2 Å². The van der Waals surface area contributed by atoms with Crippen LogP contribution < -0.4 is 9.47 Å². The van der Waals surface area contributed by atoms with E-state index in [-0.39, 0.29) is 11.7 Å². The minimum Gasteiger partial charge on any atom is -0.497 e. The summed E-state index contributed by atoms with van der Waals surface area (Å²) in [6.45, 7) is 1.33. The highest BCUT2D eigenvalue weighted by Gasteiger charge is 2.13. The maximum Gasteiger partial charge on any atom is 0.123 e. The van der Waals surface area contributed by atoms with Crippen molar-refractivity contribution >= 4 is 0 Å². The van der Waals surface area contributed by atoms with E-state index in [1.807, 2.05) is 47.2 Å². The summed E-state index contributed by atoms with van der Waals surface area (Å²) in [6, 6.07) is 14.2. The van der Waals surface area contributed by atoms with Crippen LogP contribution in [0.3, 0.4) is 0 Å². The van der Waals surface area contributed by atoms with Crippen LogP contribution in [0.25, 0.3) is 0 Å². The summed E-state index contributed by atoms with van der Waals surface area (Å²) in [5.74, 6) is 1.53. The van der Waals surface area contributed by atoms with Gasteiger partial charge in [0.25, 0.3) is 0 Å². The number of nitrogens with zero attached hydrogens (tertiary/aromatic N) is 2. The quantitative estimate of drug-likeness (QED) is 0.614. The Hall–Kier alpha value is -2.82. The lowest BCUT2D eigenvalue weighted by molar-refractivity contribution is 0.289. The van der Waals surface area contributed by atoms with Gasteiger partial charge in [-0.25, -0.2) is 9.37 Å². The molecule has 0 fully saturated rings. The van der Waals surface area contributed by atoms with Crippen molar-refractivity contribution in [3.63, 3.8) is 0 Å². The van der Waals surface area contributed by atoms with Crippen molar-refractivity contribution in [1.29, 1.82) is 0 Å². The van der Waals surface area contributed by atoms with Crippen LogP contribution in [-0.2, 0) is 6.54 Å². The molecule has 3 rings (SSSR count). The Morgan fingerprint density at radius 2 is 1.92 bits per heavy atom. The van der Waals surface area contributed by atoms with Gasteiger partial charge in [0.05, 0.1) is 20.0 Å². The van der Waals surface area contributed by atoms with Crippen molar-refractivity contribution in [2.24, 2.45) is 0 Å². The van der Waals surface area contributed by atoms with E-state index >= 15 is 0 Å². The molecule has 0 radical (unpaired) electrons. The molecule has 0 aliphatic rings. The van der Waals surface area contributed by atoms with Gasteiger partial charge in [0.1, 0.15) is 17.3 Å². The average molecular weight is 340 g/mol. The number of benzene rings is 2. The van der Waals surface area contributed by atoms with Crippen LogP contribution >= 0.6 is 0 Å². The van der Waals surface area contributed by atoms with Gasteiger partial charge in [-0.15, -0.1) is 0 Å². The minimum atomic E-state index is -0.224. The summed E-state index contributed by atoms with van der Waals surface area (Å²) in [6.07, 6.45) is 6.29. The lowest BCUT2D eigenvalue weighted by Crippen LogP contribution is -2.12. The zero-order valence-electron chi connectivity index (χ0n) is 14.1. The third kappa shape index (κ3) is 4.83. The number of hydrogen-bond donors (Lipinski definition) is 0. The van der Waals surface area contributed by atoms with Crippen molar-refractivity contribution in [3.05, 3.63) is 78.6 Å². The average Bonchev–Trinajstić information content (AvgIpc) is 3.15. The van der Waals surface area contributed by atoms with Crippen LogP contribution in [-0.4, -0.2) is 23.3 Å². The molecule has 0 N–H and O–H groups in total. The zero-order valence-corrected chi connectivity index (χ0v) is 14.1. The van der Waals surface area contributed by atoms with E-state index in [0.717, 1.165) is 30.0 Å². The molecule has 1 unspecified atom stereocenters. The Labute approximate surface area is 146 Å². The fourth-order valence-corrected chi connectivity index (χ4v) is 2.76. The van der Waals surface area contributed by atoms with Gasteiger partial charge in [-0.05, 0) is 36.2 Å². The fourth-order valence-electron chi connectivity index (χ4n) is 2.76. The van der Waals surface area contributed by atoms with Gasteiger partial charge < -0.3 is 14.0 Å². The number of imidazole rings is 1. The number of aromatic nitrogens is 2. The lowest BCUT2D eigenvalue weighted by atomic mass is 9.96. The first-order chi connectivity index (χ1) is 12.2. The van der Waals surface area contributed by atoms with Gasteiger partial charge in [-0.2, -0.15) is 0 Å². The Bertz CT molecular complexity index is 773. The third-order valence-corrected chi connectivity index (χ3v) is 4.11. The number of methoxy groups -OCH3 is 1. The summed E-state index contributed by atoms with van der Waals surface area (Å²) < 4.78 is 26.3. The smallest absolute Gasteiger partial charge is 0.123 e. The number of ether oxygens (including phenoxy) is 2. The largest absolute Gasteiger partial charge is 0.497 e. The first kappa shape index (κ1) is 17.0. The second-order valence-corrected chi connectivity index (χ2v) is 5.82. The highest BCUT2D eigenvalue weighted by molar-refractivity contribution is 5.32. The van der Waals surface area contributed by atoms with E-state index in [0.29, 0.717) is 6.61 Å². The highest BCUT2D eigenvalue weighted by Crippen LogP contribution is 2.24. The molecule has 1 aromatic heterocycles. The standard InChI is InChI=1S/C20H21FN2O2/c1-24-19-3-2-4-20(13-19)25-12-9-17(14-23-11-10-22-15-23)16-5-7-18(21)8-6-16/h2-8,10-11,13,15,17H,9,12,14H2,1H3. The Kier molecular flexibility index (Phi) is 5.67. The van der Waals surface area contributed by atoms with E-state index in [2.05, 4.69) is 4.98 Å². The fraction of sp³-hybridized carbons (Fsp3) is 0.250. The van der Waals surface area contributed by atoms with E-state index in [1.165, 1.54) is 12.1 Å². The third-order valence-electron chi connectivity index (χ3n) is 4.11. The molecule has 3 aromatic rings. The predicted molar refractivity (Wildman–Crippen MR) is 94.5 cm³/mol. The second-order valence-electron chi connectivity index (χ2n) is 5.82. The molecule has 0 spiro atoms. The Morgan fingerprint density at radius 1 is 1.12 bits per heavy atom. The van der Waals surface area contributed by atoms with Gasteiger partial charge in [0.2, 0.25) is 0 Å². The van der Waals surface area contributed by atoms with E-state index < -0.39 is 0 Å². The number of halogens is 1. The van der Waals surface area contributed by atoms with Crippen LogP contribution in [0.5, 0.6) is 11.5 Å². The lowest BCUT2D eigenvalue weighted by Gasteiger charge is -2.18. The molecule has 0 saturated heterocycles. The first-order valence-corrected chi connectivity index (χ1v) is 8.22. The molecule has 1 atom stereocenters. The van der Waals surface area contributed by atoms with Crippen LogP contribution in [0.4, 0.5) is 4.39 Å². The predicted octanol–water partition coefficient (Wildman–Crippen LogP) is 4.28. The summed E-state index contributed by atoms with van der Waals surface area (Å²) in [7, 11) is 1.63. The van der Waals surface area contributed by atoms with E-state index in [1.54, 1.807) is 19.6 Å². The summed E-state index contributed by atoms with van der Waals surface area (Å²) in [4.78, 5) is 4.09. The Morgan fingerprint density at radius 3 is 2.64 bits per heavy atom. The molecule has 25 heavy (non-hydrogen) atoms. The first-order valence-electron chi connectivity index (χ1n) is 8.22. The van der Waals surface area contributed by atoms with E-state index in [9.17, 15) is 4.39 Å². The normalized spacial score (nSPS) is 11.9. The molecule has 130 valence electrons. The number of hydrogen-bond acceptors (Lipinski definition) is 3. The highest BCUT2D eigenvalue weighted by atomic mass is 19.1. The SMILES string of the molecule is COc1cccc(OCCC(Cn2ccnc2)c2ccc(F)cc2)c1. The maximum atomic E-state index is 13.2. The van der Waals surface area contributed by atoms with Gasteiger partial charge in [0, 0.05) is 30.9 Å². The van der Waals surface area contributed by atoms with Crippen molar-refractivity contribution in [1.82, 2.24) is 9.55 Å². The van der Waals surface area contributed by atoms with Crippen LogP contribution in [0.2, 0.25) is 0 Å².